The van der Waals surface area contributed by atoms with E-state index in [-0.39, 0.29) is 6.61 Å². The molecule has 0 aliphatic rings. The number of carbonyl (C=O) groups is 2. The van der Waals surface area contributed by atoms with Gasteiger partial charge >= 0.3 is 6.03 Å². The van der Waals surface area contributed by atoms with E-state index in [1.807, 2.05) is 0 Å². The van der Waals surface area contributed by atoms with Gasteiger partial charge in [-0.2, -0.15) is 0 Å². The number of carbonyl (C=O) groups excluding carboxylic acids is 2. The fourth-order valence-electron chi connectivity index (χ4n) is 1.88. The number of aromatic nitrogens is 3. The number of nitrogens with zero attached hydrogens (tertiary/aromatic N) is 3. The second kappa shape index (κ2) is 9.09. The van der Waals surface area contributed by atoms with Crippen LogP contribution in [0.2, 0.25) is 0 Å². The molecule has 0 saturated carbocycles. The van der Waals surface area contributed by atoms with Gasteiger partial charge in [-0.3, -0.25) is 10.1 Å². The standard InChI is InChI=1S/C16H21N5O4S/c1-10(14(22)18-15(23)17-2)26-16-20-19-13(21(16)3)9-25-12-7-5-11(24-4)6-8-12/h5-8,10H,9H2,1-4H3,(H2,17,18,22,23)/t10-/m1/s1. The highest BCUT2D eigenvalue weighted by molar-refractivity contribution is 8.00. The number of hydrogen-bond donors (Lipinski definition) is 2. The van der Waals surface area contributed by atoms with E-state index in [0.717, 1.165) is 5.75 Å². The first-order valence-electron chi connectivity index (χ1n) is 7.79. The van der Waals surface area contributed by atoms with Gasteiger partial charge in [-0.05, 0) is 31.2 Å². The van der Waals surface area contributed by atoms with Crippen LogP contribution >= 0.6 is 11.8 Å². The zero-order valence-electron chi connectivity index (χ0n) is 15.0. The molecule has 3 amide bonds. The average molecular weight is 379 g/mol. The second-order valence-corrected chi connectivity index (χ2v) is 6.56. The van der Waals surface area contributed by atoms with E-state index in [2.05, 4.69) is 20.8 Å². The van der Waals surface area contributed by atoms with Crippen LogP contribution in [0.15, 0.2) is 29.4 Å². The van der Waals surface area contributed by atoms with Crippen molar-refractivity contribution in [3.63, 3.8) is 0 Å². The number of urea groups is 1. The Hall–Kier alpha value is -2.75. The van der Waals surface area contributed by atoms with Crippen molar-refractivity contribution < 1.29 is 19.1 Å². The van der Waals surface area contributed by atoms with Crippen LogP contribution in [-0.4, -0.2) is 46.1 Å². The second-order valence-electron chi connectivity index (χ2n) is 5.25. The van der Waals surface area contributed by atoms with Gasteiger partial charge in [0.15, 0.2) is 11.0 Å². The van der Waals surface area contributed by atoms with Crippen molar-refractivity contribution >= 4 is 23.7 Å². The Morgan fingerprint density at radius 2 is 1.88 bits per heavy atom. The lowest BCUT2D eigenvalue weighted by Gasteiger charge is -2.11. The van der Waals surface area contributed by atoms with Crippen LogP contribution in [0.3, 0.4) is 0 Å². The zero-order valence-corrected chi connectivity index (χ0v) is 15.8. The first-order chi connectivity index (χ1) is 12.4. The van der Waals surface area contributed by atoms with Gasteiger partial charge in [-0.1, -0.05) is 11.8 Å². The predicted molar refractivity (Wildman–Crippen MR) is 96.2 cm³/mol. The minimum absolute atomic E-state index is 0.231. The highest BCUT2D eigenvalue weighted by Gasteiger charge is 2.20. The summed E-state index contributed by atoms with van der Waals surface area (Å²) in [7, 11) is 4.83. The van der Waals surface area contributed by atoms with Crippen LogP contribution in [0.5, 0.6) is 11.5 Å². The van der Waals surface area contributed by atoms with Gasteiger partial charge in [-0.15, -0.1) is 10.2 Å². The van der Waals surface area contributed by atoms with E-state index in [1.165, 1.54) is 18.8 Å². The maximum atomic E-state index is 11.9. The van der Waals surface area contributed by atoms with Crippen LogP contribution in [-0.2, 0) is 18.4 Å². The third kappa shape index (κ3) is 5.12. The van der Waals surface area contributed by atoms with Crippen LogP contribution in [0.25, 0.3) is 0 Å². The summed E-state index contributed by atoms with van der Waals surface area (Å²) in [6.45, 7) is 1.92. The number of ether oxygens (including phenoxy) is 2. The first kappa shape index (κ1) is 19.6. The van der Waals surface area contributed by atoms with Gasteiger partial charge in [-0.25, -0.2) is 4.79 Å². The largest absolute Gasteiger partial charge is 0.497 e. The average Bonchev–Trinajstić information content (AvgIpc) is 2.99. The summed E-state index contributed by atoms with van der Waals surface area (Å²) < 4.78 is 12.5. The highest BCUT2D eigenvalue weighted by Crippen LogP contribution is 2.22. The molecule has 10 heteroatoms. The molecule has 2 aromatic rings. The third-order valence-corrected chi connectivity index (χ3v) is 4.60. The molecule has 1 aromatic carbocycles. The Morgan fingerprint density at radius 3 is 2.50 bits per heavy atom. The number of nitrogens with one attached hydrogen (secondary N) is 2. The molecule has 9 nitrogen and oxygen atoms in total. The van der Waals surface area contributed by atoms with Crippen LogP contribution in [0, 0.1) is 0 Å². The molecule has 140 valence electrons. The summed E-state index contributed by atoms with van der Waals surface area (Å²) in [5.74, 6) is 1.63. The molecule has 2 N–H and O–H groups in total. The van der Waals surface area contributed by atoms with Crippen LogP contribution in [0.1, 0.15) is 12.7 Å². The first-order valence-corrected chi connectivity index (χ1v) is 8.67. The normalized spacial score (nSPS) is 11.5. The highest BCUT2D eigenvalue weighted by atomic mass is 32.2. The number of imide groups is 1. The fourth-order valence-corrected chi connectivity index (χ4v) is 2.71. The molecule has 0 radical (unpaired) electrons. The molecule has 2 rings (SSSR count). The lowest BCUT2D eigenvalue weighted by atomic mass is 10.3. The van der Waals surface area contributed by atoms with Gasteiger partial charge in [0.05, 0.1) is 12.4 Å². The Kier molecular flexibility index (Phi) is 6.84. The molecule has 1 atom stereocenters. The van der Waals surface area contributed by atoms with Crippen molar-refractivity contribution in [2.24, 2.45) is 7.05 Å². The summed E-state index contributed by atoms with van der Waals surface area (Å²) >= 11 is 1.20. The van der Waals surface area contributed by atoms with Crippen molar-refractivity contribution in [1.82, 2.24) is 25.4 Å². The molecule has 1 aromatic heterocycles. The number of rotatable bonds is 7. The lowest BCUT2D eigenvalue weighted by molar-refractivity contribution is -0.119. The minimum atomic E-state index is -0.547. The molecular formula is C16H21N5O4S. The quantitative estimate of drug-likeness (QED) is 0.699. The molecule has 0 saturated heterocycles. The molecule has 0 spiro atoms. The summed E-state index contributed by atoms with van der Waals surface area (Å²) in [6, 6.07) is 6.67. The fraction of sp³-hybridized carbons (Fsp3) is 0.375. The number of amides is 3. The van der Waals surface area contributed by atoms with E-state index >= 15 is 0 Å². The topological polar surface area (TPSA) is 107 Å². The van der Waals surface area contributed by atoms with Crippen LogP contribution < -0.4 is 20.1 Å². The van der Waals surface area contributed by atoms with E-state index < -0.39 is 17.2 Å². The summed E-state index contributed by atoms with van der Waals surface area (Å²) in [5, 5.41) is 12.8. The zero-order chi connectivity index (χ0) is 19.1. The maximum Gasteiger partial charge on any atom is 0.321 e. The van der Waals surface area contributed by atoms with Gasteiger partial charge in [0.1, 0.15) is 18.1 Å². The van der Waals surface area contributed by atoms with Crippen LogP contribution in [0.4, 0.5) is 4.79 Å². The molecule has 0 fully saturated rings. The predicted octanol–water partition coefficient (Wildman–Crippen LogP) is 1.34. The van der Waals surface area contributed by atoms with Crippen molar-refractivity contribution in [1.29, 1.82) is 0 Å². The number of thioether (sulfide) groups is 1. The molecule has 0 aliphatic carbocycles. The van der Waals surface area contributed by atoms with Gasteiger partial charge in [0.2, 0.25) is 5.91 Å². The van der Waals surface area contributed by atoms with E-state index in [1.54, 1.807) is 49.9 Å². The molecule has 0 unspecified atom stereocenters. The number of benzene rings is 1. The Labute approximate surface area is 155 Å². The molecule has 26 heavy (non-hydrogen) atoms. The molecular weight excluding hydrogens is 358 g/mol. The van der Waals surface area contributed by atoms with Crippen molar-refractivity contribution in [3.05, 3.63) is 30.1 Å². The number of methoxy groups -OCH3 is 1. The summed E-state index contributed by atoms with van der Waals surface area (Å²) in [5.41, 5.74) is 0. The Balaban J connectivity index is 1.93. The van der Waals surface area contributed by atoms with E-state index in [4.69, 9.17) is 9.47 Å². The van der Waals surface area contributed by atoms with E-state index in [0.29, 0.717) is 16.7 Å². The molecule has 0 aliphatic heterocycles. The third-order valence-electron chi connectivity index (χ3n) is 3.47. The van der Waals surface area contributed by atoms with Crippen molar-refractivity contribution in [2.75, 3.05) is 14.2 Å². The van der Waals surface area contributed by atoms with Crippen molar-refractivity contribution in [2.45, 2.75) is 23.9 Å². The molecule has 1 heterocycles. The lowest BCUT2D eigenvalue weighted by Crippen LogP contribution is -2.41. The maximum absolute atomic E-state index is 11.9. The van der Waals surface area contributed by atoms with Gasteiger partial charge in [0.25, 0.3) is 0 Å². The smallest absolute Gasteiger partial charge is 0.321 e. The van der Waals surface area contributed by atoms with Gasteiger partial charge in [0, 0.05) is 14.1 Å². The van der Waals surface area contributed by atoms with Crippen molar-refractivity contribution in [3.8, 4) is 11.5 Å². The Morgan fingerprint density at radius 1 is 1.23 bits per heavy atom. The minimum Gasteiger partial charge on any atom is -0.497 e. The summed E-state index contributed by atoms with van der Waals surface area (Å²) in [6.07, 6.45) is 0. The number of hydrogen-bond acceptors (Lipinski definition) is 7. The molecule has 0 bridgehead atoms. The van der Waals surface area contributed by atoms with Gasteiger partial charge < -0.3 is 19.4 Å². The monoisotopic (exact) mass is 379 g/mol. The Bertz CT molecular complexity index is 763. The van der Waals surface area contributed by atoms with E-state index in [9.17, 15) is 9.59 Å². The SMILES string of the molecule is CNC(=O)NC(=O)[C@@H](C)Sc1nnc(COc2ccc(OC)cc2)n1C. The summed E-state index contributed by atoms with van der Waals surface area (Å²) in [4.78, 5) is 23.1.